The fourth-order valence-corrected chi connectivity index (χ4v) is 28.8. The summed E-state index contributed by atoms with van der Waals surface area (Å²) in [5.41, 5.74) is 0. The maximum absolute atomic E-state index is 9.78. The lowest BCUT2D eigenvalue weighted by atomic mass is 10.4. The Kier molecular flexibility index (Phi) is 4.01. The highest BCUT2D eigenvalue weighted by molar-refractivity contribution is 7.46. The van der Waals surface area contributed by atoms with Crippen LogP contribution in [0.2, 0.25) is 0 Å². The molecule has 0 radical (unpaired) electrons. The second-order valence-corrected chi connectivity index (χ2v) is 27.2. The number of hydrogen-bond acceptors (Lipinski definition) is 1. The molecular weight excluding hydrogens is 200 g/mol. The van der Waals surface area contributed by atoms with Crippen LogP contribution in [0.4, 0.5) is 0 Å². The predicted molar refractivity (Wildman–Crippen MR) is 62.5 cm³/mol. The first-order chi connectivity index (χ1) is 5.34. The van der Waals surface area contributed by atoms with Crippen molar-refractivity contribution in [2.45, 2.75) is 0 Å². The Hall–Kier alpha value is 0.0475. The van der Waals surface area contributed by atoms with E-state index < -0.39 is 8.56 Å². The third kappa shape index (κ3) is 2.87. The molecule has 1 aromatic carbocycles. The van der Waals surface area contributed by atoms with Crippen molar-refractivity contribution < 1.29 is 4.80 Å². The highest BCUT2D eigenvalue weighted by Gasteiger charge is 2.07. The fraction of sp³-hybridized carbons (Fsp3) is 0. The van der Waals surface area contributed by atoms with E-state index in [1.807, 2.05) is 18.2 Å². The fourth-order valence-electron chi connectivity index (χ4n) is 1.12. The minimum atomic E-state index is -1.33. The predicted octanol–water partition coefficient (Wildman–Crippen LogP) is -3.36. The Morgan fingerprint density at radius 1 is 1.27 bits per heavy atom. The number of benzene rings is 1. The third-order valence-electron chi connectivity index (χ3n) is 1.75. The van der Waals surface area contributed by atoms with Gasteiger partial charge in [0.2, 0.25) is 0 Å². The normalized spacial score (nSPS) is 15.4. The van der Waals surface area contributed by atoms with Gasteiger partial charge in [-0.2, -0.15) is 0 Å². The number of hydrogen-bond donors (Lipinski definition) is 1. The van der Waals surface area contributed by atoms with Crippen molar-refractivity contribution in [3.63, 3.8) is 0 Å². The van der Waals surface area contributed by atoms with Gasteiger partial charge in [-0.25, -0.2) is 0 Å². The maximum Gasteiger partial charge on any atom is 0.180 e. The SMILES string of the molecule is O[SiH]([SiH2][SiH2][SiH3])c1ccccc1. The Morgan fingerprint density at radius 3 is 2.45 bits per heavy atom. The third-order valence-corrected chi connectivity index (χ3v) is 34.5. The van der Waals surface area contributed by atoms with E-state index in [4.69, 9.17) is 0 Å². The van der Waals surface area contributed by atoms with Crippen LogP contribution in [0, 0.1) is 0 Å². The van der Waals surface area contributed by atoms with Gasteiger partial charge in [0.15, 0.2) is 8.56 Å². The molecule has 0 saturated carbocycles. The second kappa shape index (κ2) is 4.83. The summed E-state index contributed by atoms with van der Waals surface area (Å²) >= 11 is 0. The summed E-state index contributed by atoms with van der Waals surface area (Å²) in [6.45, 7) is 0. The first-order valence-corrected chi connectivity index (χ1v) is 18.1. The molecule has 1 N–H and O–H groups in total. The molecule has 0 aliphatic rings. The van der Waals surface area contributed by atoms with Crippen LogP contribution < -0.4 is 5.19 Å². The molecule has 0 heterocycles. The summed E-state index contributed by atoms with van der Waals surface area (Å²) < 4.78 is 0. The lowest BCUT2D eigenvalue weighted by Crippen LogP contribution is -2.39. The van der Waals surface area contributed by atoms with Gasteiger partial charge >= 0.3 is 0 Å². The van der Waals surface area contributed by atoms with Crippen LogP contribution in [0.1, 0.15) is 0 Å². The van der Waals surface area contributed by atoms with Gasteiger partial charge in [0, 0.05) is 8.55 Å². The van der Waals surface area contributed by atoms with Gasteiger partial charge < -0.3 is 4.80 Å². The molecule has 0 aliphatic heterocycles. The Balaban J connectivity index is 2.61. The lowest BCUT2D eigenvalue weighted by molar-refractivity contribution is 0.607. The monoisotopic (exact) mass is 214 g/mol. The highest BCUT2D eigenvalue weighted by Crippen LogP contribution is 1.83. The van der Waals surface area contributed by atoms with Crippen molar-refractivity contribution in [1.29, 1.82) is 0 Å². The molecule has 0 spiro atoms. The molecule has 0 saturated heterocycles. The minimum Gasteiger partial charge on any atom is -0.434 e. The Labute approximate surface area is 76.0 Å². The highest BCUT2D eigenvalue weighted by atomic mass is 29.7. The van der Waals surface area contributed by atoms with E-state index in [9.17, 15) is 4.80 Å². The standard InChI is InChI=1S/C6H14OSi4/c7-11(10-9-8)6-4-2-1-3-5-6/h1-5,7,11H,9-10H2,8H3. The molecule has 0 fully saturated rings. The molecule has 1 nitrogen and oxygen atoms in total. The molecule has 1 unspecified atom stereocenters. The van der Waals surface area contributed by atoms with Crippen molar-refractivity contribution >= 4 is 40.6 Å². The summed E-state index contributed by atoms with van der Waals surface area (Å²) in [5.74, 6) is 0. The van der Waals surface area contributed by atoms with Gasteiger partial charge in [-0.3, -0.25) is 0 Å². The van der Waals surface area contributed by atoms with Crippen molar-refractivity contribution in [3.05, 3.63) is 30.3 Å². The van der Waals surface area contributed by atoms with E-state index in [1.165, 1.54) is 14.9 Å². The van der Waals surface area contributed by atoms with Gasteiger partial charge in [0.05, 0.1) is 0 Å². The maximum atomic E-state index is 9.78. The summed E-state index contributed by atoms with van der Waals surface area (Å²) in [5, 5.41) is 1.28. The lowest BCUT2D eigenvalue weighted by Gasteiger charge is -2.04. The van der Waals surface area contributed by atoms with Gasteiger partial charge in [-0.1, -0.05) is 30.3 Å². The Bertz CT molecular complexity index is 203. The largest absolute Gasteiger partial charge is 0.434 e. The molecule has 1 atom stereocenters. The summed E-state index contributed by atoms with van der Waals surface area (Å²) in [4.78, 5) is 9.78. The van der Waals surface area contributed by atoms with E-state index in [2.05, 4.69) is 12.1 Å². The van der Waals surface area contributed by atoms with Gasteiger partial charge in [-0.05, 0) is 23.5 Å². The molecule has 60 valence electrons. The van der Waals surface area contributed by atoms with Crippen LogP contribution in [0.3, 0.4) is 0 Å². The van der Waals surface area contributed by atoms with Crippen molar-refractivity contribution in [3.8, 4) is 0 Å². The zero-order valence-electron chi connectivity index (χ0n) is 6.83. The second-order valence-electron chi connectivity index (χ2n) is 2.72. The molecule has 0 aromatic heterocycles. The zero-order chi connectivity index (χ0) is 8.10. The molecular formula is C6H14OSi4. The molecule has 0 bridgehead atoms. The van der Waals surface area contributed by atoms with E-state index in [-0.39, 0.29) is 8.55 Å². The van der Waals surface area contributed by atoms with E-state index >= 15 is 0 Å². The summed E-state index contributed by atoms with van der Waals surface area (Å²) in [6.07, 6.45) is 0. The minimum absolute atomic E-state index is 0.0429. The average Bonchev–Trinajstić information content (AvgIpc) is 2.07. The van der Waals surface area contributed by atoms with Gasteiger partial charge in [0.1, 0.15) is 0 Å². The topological polar surface area (TPSA) is 20.2 Å². The first-order valence-electron chi connectivity index (χ1n) is 4.07. The quantitative estimate of drug-likeness (QED) is 0.521. The smallest absolute Gasteiger partial charge is 0.180 e. The summed E-state index contributed by atoms with van der Waals surface area (Å²) in [6, 6.07) is 10.3. The van der Waals surface area contributed by atoms with E-state index in [1.54, 1.807) is 0 Å². The van der Waals surface area contributed by atoms with E-state index in [0.717, 1.165) is 0 Å². The zero-order valence-corrected chi connectivity index (χ0v) is 12.8. The summed E-state index contributed by atoms with van der Waals surface area (Å²) in [7, 11) is 0.443. The molecule has 0 aliphatic carbocycles. The van der Waals surface area contributed by atoms with Gasteiger partial charge in [0.25, 0.3) is 0 Å². The van der Waals surface area contributed by atoms with Crippen LogP contribution in [-0.4, -0.2) is 40.2 Å². The molecule has 0 amide bonds. The van der Waals surface area contributed by atoms with Crippen LogP contribution in [-0.2, 0) is 0 Å². The average molecular weight is 215 g/mol. The molecule has 11 heavy (non-hydrogen) atoms. The van der Waals surface area contributed by atoms with Crippen molar-refractivity contribution in [1.82, 2.24) is 0 Å². The molecule has 1 aromatic rings. The van der Waals surface area contributed by atoms with Gasteiger partial charge in [-0.15, -0.1) is 0 Å². The van der Waals surface area contributed by atoms with Crippen LogP contribution in [0.25, 0.3) is 0 Å². The Morgan fingerprint density at radius 2 is 1.91 bits per heavy atom. The van der Waals surface area contributed by atoms with E-state index in [0.29, 0.717) is 8.55 Å². The van der Waals surface area contributed by atoms with Crippen LogP contribution >= 0.6 is 0 Å². The molecule has 5 heteroatoms. The van der Waals surface area contributed by atoms with Crippen molar-refractivity contribution in [2.75, 3.05) is 0 Å². The van der Waals surface area contributed by atoms with Crippen LogP contribution in [0.5, 0.6) is 0 Å². The first kappa shape index (κ1) is 9.14. The number of rotatable bonds is 3. The van der Waals surface area contributed by atoms with Crippen molar-refractivity contribution in [2.24, 2.45) is 0 Å². The van der Waals surface area contributed by atoms with Crippen LogP contribution in [0.15, 0.2) is 30.3 Å². The molecule has 1 rings (SSSR count).